The topological polar surface area (TPSA) is 34.1 Å². The summed E-state index contributed by atoms with van der Waals surface area (Å²) in [5.74, 6) is 0.860. The first-order valence-electron chi connectivity index (χ1n) is 5.23. The Morgan fingerprint density at radius 1 is 1.50 bits per heavy atom. The first kappa shape index (κ1) is 13.9. The van der Waals surface area contributed by atoms with Crippen LogP contribution in [0.25, 0.3) is 0 Å². The average Bonchev–Trinajstić information content (AvgIpc) is 2.23. The maximum atomic E-state index is 5.18. The van der Waals surface area contributed by atoms with Gasteiger partial charge in [0.05, 0.1) is 17.1 Å². The molecular weight excluding hydrogens is 336 g/mol. The number of nitrogens with one attached hydrogen (secondary N) is 1. The van der Waals surface area contributed by atoms with Crippen LogP contribution in [0, 0.1) is 0 Å². The predicted molar refractivity (Wildman–Crippen MR) is 73.8 cm³/mol. The van der Waals surface area contributed by atoms with Gasteiger partial charge in [0.2, 0.25) is 0 Å². The number of hydrogen-bond acceptors (Lipinski definition) is 3. The predicted octanol–water partition coefficient (Wildman–Crippen LogP) is 3.83. The summed E-state index contributed by atoms with van der Waals surface area (Å²) in [4.78, 5) is 4.32. The molecule has 0 aromatic carbocycles. The summed E-state index contributed by atoms with van der Waals surface area (Å²) in [6.07, 6.45) is 3.97. The molecule has 1 atom stereocenters. The smallest absolute Gasteiger partial charge is 0.140 e. The van der Waals surface area contributed by atoms with Crippen LogP contribution in [0.4, 0.5) is 5.82 Å². The molecule has 0 amide bonds. The molecule has 0 aliphatic carbocycles. The zero-order valence-corrected chi connectivity index (χ0v) is 12.6. The van der Waals surface area contributed by atoms with Gasteiger partial charge < -0.3 is 10.1 Å². The van der Waals surface area contributed by atoms with Crippen LogP contribution in [0.2, 0.25) is 0 Å². The number of rotatable bonds is 6. The Hall–Kier alpha value is -0.130. The molecule has 0 aliphatic heterocycles. The summed E-state index contributed by atoms with van der Waals surface area (Å²) in [6.45, 7) is 2.85. The molecule has 0 spiro atoms. The van der Waals surface area contributed by atoms with E-state index in [4.69, 9.17) is 4.74 Å². The Kier molecular flexibility index (Phi) is 6.31. The summed E-state index contributed by atoms with van der Waals surface area (Å²) in [7, 11) is 1.72. The molecule has 1 N–H and O–H groups in total. The largest absolute Gasteiger partial charge is 0.383 e. The molecule has 1 unspecified atom stereocenters. The van der Waals surface area contributed by atoms with Crippen LogP contribution in [0.15, 0.2) is 21.2 Å². The maximum absolute atomic E-state index is 5.18. The number of aromatic nitrogens is 1. The minimum absolute atomic E-state index is 0.306. The van der Waals surface area contributed by atoms with Gasteiger partial charge in [0.25, 0.3) is 0 Å². The zero-order chi connectivity index (χ0) is 12.0. The minimum Gasteiger partial charge on any atom is -0.383 e. The normalized spacial score (nSPS) is 12.5. The van der Waals surface area contributed by atoms with Gasteiger partial charge in [0.15, 0.2) is 0 Å². The third-order valence-corrected chi connectivity index (χ3v) is 3.19. The Labute approximate surface area is 113 Å². The SMILES string of the molecule is CCCC(COC)Nc1ncc(Br)cc1Br. The second-order valence-electron chi connectivity index (χ2n) is 3.57. The fraction of sp³-hybridized carbons (Fsp3) is 0.545. The number of pyridine rings is 1. The van der Waals surface area contributed by atoms with Gasteiger partial charge in [-0.1, -0.05) is 13.3 Å². The van der Waals surface area contributed by atoms with E-state index >= 15 is 0 Å². The van der Waals surface area contributed by atoms with Crippen LogP contribution in [0.1, 0.15) is 19.8 Å². The Balaban J connectivity index is 2.68. The van der Waals surface area contributed by atoms with Crippen LogP contribution in [-0.2, 0) is 4.74 Å². The monoisotopic (exact) mass is 350 g/mol. The van der Waals surface area contributed by atoms with Crippen LogP contribution in [0.3, 0.4) is 0 Å². The minimum atomic E-state index is 0.306. The summed E-state index contributed by atoms with van der Waals surface area (Å²) in [6, 6.07) is 2.28. The van der Waals surface area contributed by atoms with E-state index in [0.29, 0.717) is 12.6 Å². The maximum Gasteiger partial charge on any atom is 0.140 e. The summed E-state index contributed by atoms with van der Waals surface area (Å²) in [5, 5.41) is 3.37. The highest BCUT2D eigenvalue weighted by molar-refractivity contribution is 9.11. The van der Waals surface area contributed by atoms with Crippen molar-refractivity contribution < 1.29 is 4.74 Å². The quantitative estimate of drug-likeness (QED) is 0.845. The van der Waals surface area contributed by atoms with Crippen molar-refractivity contribution in [3.63, 3.8) is 0 Å². The molecule has 0 fully saturated rings. The molecule has 1 heterocycles. The second kappa shape index (κ2) is 7.25. The molecule has 1 aromatic heterocycles. The molecule has 0 aliphatic rings. The van der Waals surface area contributed by atoms with E-state index < -0.39 is 0 Å². The van der Waals surface area contributed by atoms with Crippen LogP contribution in [-0.4, -0.2) is 24.7 Å². The number of ether oxygens (including phenoxy) is 1. The Morgan fingerprint density at radius 3 is 2.81 bits per heavy atom. The van der Waals surface area contributed by atoms with E-state index in [1.807, 2.05) is 6.07 Å². The lowest BCUT2D eigenvalue weighted by atomic mass is 10.2. The molecule has 1 aromatic rings. The van der Waals surface area contributed by atoms with Gasteiger partial charge >= 0.3 is 0 Å². The molecule has 90 valence electrons. The van der Waals surface area contributed by atoms with Gasteiger partial charge in [-0.2, -0.15) is 0 Å². The lowest BCUT2D eigenvalue weighted by Gasteiger charge is -2.18. The van der Waals surface area contributed by atoms with Gasteiger partial charge in [0, 0.05) is 17.8 Å². The van der Waals surface area contributed by atoms with Crippen molar-refractivity contribution in [1.82, 2.24) is 4.98 Å². The molecular formula is C11H16Br2N2O. The van der Waals surface area contributed by atoms with Crippen molar-refractivity contribution in [2.24, 2.45) is 0 Å². The molecule has 16 heavy (non-hydrogen) atoms. The first-order chi connectivity index (χ1) is 7.67. The van der Waals surface area contributed by atoms with E-state index in [2.05, 4.69) is 49.1 Å². The van der Waals surface area contributed by atoms with Gasteiger partial charge in [-0.25, -0.2) is 4.98 Å². The molecule has 0 bridgehead atoms. The van der Waals surface area contributed by atoms with Crippen molar-refractivity contribution in [3.8, 4) is 0 Å². The van der Waals surface area contributed by atoms with Crippen molar-refractivity contribution in [2.45, 2.75) is 25.8 Å². The third kappa shape index (κ3) is 4.39. The van der Waals surface area contributed by atoms with E-state index in [1.54, 1.807) is 13.3 Å². The van der Waals surface area contributed by atoms with Gasteiger partial charge in [0.1, 0.15) is 5.82 Å². The molecule has 1 rings (SSSR count). The van der Waals surface area contributed by atoms with Crippen molar-refractivity contribution in [1.29, 1.82) is 0 Å². The molecule has 5 heteroatoms. The van der Waals surface area contributed by atoms with Crippen molar-refractivity contribution in [3.05, 3.63) is 21.2 Å². The Morgan fingerprint density at radius 2 is 2.25 bits per heavy atom. The number of nitrogens with zero attached hydrogens (tertiary/aromatic N) is 1. The summed E-state index contributed by atoms with van der Waals surface area (Å²) < 4.78 is 7.10. The lowest BCUT2D eigenvalue weighted by molar-refractivity contribution is 0.182. The van der Waals surface area contributed by atoms with Gasteiger partial charge in [-0.15, -0.1) is 0 Å². The third-order valence-electron chi connectivity index (χ3n) is 2.15. The highest BCUT2D eigenvalue weighted by Crippen LogP contribution is 2.24. The summed E-state index contributed by atoms with van der Waals surface area (Å²) >= 11 is 6.86. The average molecular weight is 352 g/mol. The second-order valence-corrected chi connectivity index (χ2v) is 5.34. The number of halogens is 2. The van der Waals surface area contributed by atoms with Crippen LogP contribution in [0.5, 0.6) is 0 Å². The Bertz CT molecular complexity index is 328. The highest BCUT2D eigenvalue weighted by Gasteiger charge is 2.10. The number of methoxy groups -OCH3 is 1. The highest BCUT2D eigenvalue weighted by atomic mass is 79.9. The molecule has 0 radical (unpaired) electrons. The molecule has 3 nitrogen and oxygen atoms in total. The summed E-state index contributed by atoms with van der Waals surface area (Å²) in [5.41, 5.74) is 0. The van der Waals surface area contributed by atoms with E-state index in [0.717, 1.165) is 27.6 Å². The van der Waals surface area contributed by atoms with Gasteiger partial charge in [-0.3, -0.25) is 0 Å². The zero-order valence-electron chi connectivity index (χ0n) is 9.46. The molecule has 0 saturated carbocycles. The van der Waals surface area contributed by atoms with Crippen molar-refractivity contribution >= 4 is 37.7 Å². The van der Waals surface area contributed by atoms with E-state index in [-0.39, 0.29) is 0 Å². The fourth-order valence-electron chi connectivity index (χ4n) is 1.46. The standard InChI is InChI=1S/C11H16Br2N2O/c1-3-4-9(7-16-2)15-11-10(13)5-8(12)6-14-11/h5-6,9H,3-4,7H2,1-2H3,(H,14,15). The van der Waals surface area contributed by atoms with Gasteiger partial charge in [-0.05, 0) is 44.3 Å². The number of hydrogen-bond donors (Lipinski definition) is 1. The van der Waals surface area contributed by atoms with E-state index in [9.17, 15) is 0 Å². The lowest BCUT2D eigenvalue weighted by Crippen LogP contribution is -2.25. The number of anilines is 1. The first-order valence-corrected chi connectivity index (χ1v) is 6.82. The molecule has 0 saturated heterocycles. The van der Waals surface area contributed by atoms with Crippen LogP contribution >= 0.6 is 31.9 Å². The van der Waals surface area contributed by atoms with Crippen LogP contribution < -0.4 is 5.32 Å². The fourth-order valence-corrected chi connectivity index (χ4v) is 2.56. The van der Waals surface area contributed by atoms with E-state index in [1.165, 1.54) is 0 Å². The van der Waals surface area contributed by atoms with Crippen molar-refractivity contribution in [2.75, 3.05) is 19.0 Å².